The van der Waals surface area contributed by atoms with Crippen molar-refractivity contribution in [2.45, 2.75) is 12.6 Å². The molecule has 8 heteroatoms. The Morgan fingerprint density at radius 1 is 0.970 bits per heavy atom. The molecule has 1 aromatic heterocycles. The zero-order chi connectivity index (χ0) is 23.0. The maximum atomic E-state index is 13.7. The number of methoxy groups -OCH3 is 1. The summed E-state index contributed by atoms with van der Waals surface area (Å²) in [6.07, 6.45) is 0. The molecular formula is C25H25N5O3. The lowest BCUT2D eigenvalue weighted by atomic mass is 10.0. The van der Waals surface area contributed by atoms with E-state index in [9.17, 15) is 9.59 Å². The standard InChI is InChI=1S/C25H25N5O3/c1-33-17-16-26-25(32)24(19-10-4-2-5-11-19)30(20-12-6-3-7-13-20)23(31)18-29-22-15-9-8-14-21(22)27-28-29/h2-15,24H,16-18H2,1H3,(H,26,32). The van der Waals surface area contributed by atoms with Crippen LogP contribution in [0.15, 0.2) is 84.9 Å². The average molecular weight is 444 g/mol. The van der Waals surface area contributed by atoms with Crippen LogP contribution < -0.4 is 10.2 Å². The van der Waals surface area contributed by atoms with Crippen molar-refractivity contribution in [1.29, 1.82) is 0 Å². The van der Waals surface area contributed by atoms with Crippen LogP contribution in [0.2, 0.25) is 0 Å². The van der Waals surface area contributed by atoms with Crippen LogP contribution in [-0.2, 0) is 20.9 Å². The van der Waals surface area contributed by atoms with E-state index in [1.165, 1.54) is 4.90 Å². The van der Waals surface area contributed by atoms with E-state index in [4.69, 9.17) is 4.74 Å². The Bertz CT molecular complexity index is 1210. The Balaban J connectivity index is 1.73. The highest BCUT2D eigenvalue weighted by Gasteiger charge is 2.33. The molecular weight excluding hydrogens is 418 g/mol. The number of carbonyl (C=O) groups excluding carboxylic acids is 2. The Morgan fingerprint density at radius 3 is 2.36 bits per heavy atom. The van der Waals surface area contributed by atoms with Gasteiger partial charge in [-0.15, -0.1) is 5.10 Å². The van der Waals surface area contributed by atoms with Gasteiger partial charge in [0.25, 0.3) is 0 Å². The first-order chi connectivity index (χ1) is 16.2. The van der Waals surface area contributed by atoms with Gasteiger partial charge in [-0.05, 0) is 29.8 Å². The van der Waals surface area contributed by atoms with Crippen LogP contribution >= 0.6 is 0 Å². The van der Waals surface area contributed by atoms with Crippen LogP contribution in [0.4, 0.5) is 5.69 Å². The number of nitrogens with zero attached hydrogens (tertiary/aromatic N) is 4. The van der Waals surface area contributed by atoms with Crippen molar-refractivity contribution in [2.75, 3.05) is 25.2 Å². The fourth-order valence-corrected chi connectivity index (χ4v) is 3.69. The molecule has 4 rings (SSSR count). The number of hydrogen-bond acceptors (Lipinski definition) is 5. The number of ether oxygens (including phenoxy) is 1. The summed E-state index contributed by atoms with van der Waals surface area (Å²) in [7, 11) is 1.57. The van der Waals surface area contributed by atoms with Crippen molar-refractivity contribution in [3.63, 3.8) is 0 Å². The predicted octanol–water partition coefficient (Wildman–Crippen LogP) is 2.97. The number of fused-ring (bicyclic) bond motifs is 1. The van der Waals surface area contributed by atoms with E-state index in [1.54, 1.807) is 11.8 Å². The highest BCUT2D eigenvalue weighted by Crippen LogP contribution is 2.28. The molecule has 1 heterocycles. The van der Waals surface area contributed by atoms with Gasteiger partial charge in [-0.3, -0.25) is 14.5 Å². The number of aromatic nitrogens is 3. The molecule has 2 amide bonds. The minimum atomic E-state index is -0.868. The van der Waals surface area contributed by atoms with Gasteiger partial charge < -0.3 is 10.1 Å². The van der Waals surface area contributed by atoms with Gasteiger partial charge in [0.15, 0.2) is 0 Å². The van der Waals surface area contributed by atoms with Gasteiger partial charge in [0, 0.05) is 19.3 Å². The van der Waals surface area contributed by atoms with Gasteiger partial charge >= 0.3 is 0 Å². The van der Waals surface area contributed by atoms with E-state index < -0.39 is 6.04 Å². The van der Waals surface area contributed by atoms with Crippen molar-refractivity contribution >= 4 is 28.5 Å². The molecule has 1 unspecified atom stereocenters. The van der Waals surface area contributed by atoms with E-state index in [-0.39, 0.29) is 18.4 Å². The van der Waals surface area contributed by atoms with E-state index in [0.29, 0.717) is 29.9 Å². The van der Waals surface area contributed by atoms with E-state index >= 15 is 0 Å². The fraction of sp³-hybridized carbons (Fsp3) is 0.200. The first-order valence-electron chi connectivity index (χ1n) is 10.7. The van der Waals surface area contributed by atoms with Crippen LogP contribution in [0.1, 0.15) is 11.6 Å². The molecule has 33 heavy (non-hydrogen) atoms. The number of nitrogens with one attached hydrogen (secondary N) is 1. The van der Waals surface area contributed by atoms with E-state index in [0.717, 1.165) is 5.52 Å². The van der Waals surface area contributed by atoms with Gasteiger partial charge in [-0.25, -0.2) is 4.68 Å². The summed E-state index contributed by atoms with van der Waals surface area (Å²) in [5.41, 5.74) is 2.77. The van der Waals surface area contributed by atoms with Gasteiger partial charge in [-0.1, -0.05) is 65.9 Å². The third-order valence-electron chi connectivity index (χ3n) is 5.24. The summed E-state index contributed by atoms with van der Waals surface area (Å²) >= 11 is 0. The lowest BCUT2D eigenvalue weighted by Crippen LogP contribution is -2.46. The molecule has 0 saturated heterocycles. The monoisotopic (exact) mass is 443 g/mol. The zero-order valence-corrected chi connectivity index (χ0v) is 18.3. The quantitative estimate of drug-likeness (QED) is 0.402. The van der Waals surface area contributed by atoms with E-state index in [1.807, 2.05) is 84.9 Å². The molecule has 4 aromatic rings. The van der Waals surface area contributed by atoms with Gasteiger partial charge in [0.05, 0.1) is 12.1 Å². The Hall–Kier alpha value is -4.04. The molecule has 1 N–H and O–H groups in total. The number of carbonyl (C=O) groups is 2. The molecule has 0 aliphatic carbocycles. The SMILES string of the molecule is COCCNC(=O)C(c1ccccc1)N(C(=O)Cn1nnc2ccccc21)c1ccccc1. The lowest BCUT2D eigenvalue weighted by Gasteiger charge is -2.31. The smallest absolute Gasteiger partial charge is 0.249 e. The number of rotatable bonds is 9. The summed E-state index contributed by atoms with van der Waals surface area (Å²) in [5.74, 6) is -0.577. The molecule has 1 atom stereocenters. The highest BCUT2D eigenvalue weighted by atomic mass is 16.5. The molecule has 0 spiro atoms. The van der Waals surface area contributed by atoms with Crippen molar-refractivity contribution in [3.8, 4) is 0 Å². The number of hydrogen-bond donors (Lipinski definition) is 1. The summed E-state index contributed by atoms with van der Waals surface area (Å²) in [5, 5.41) is 11.2. The van der Waals surface area contributed by atoms with Gasteiger partial charge in [0.1, 0.15) is 18.1 Å². The molecule has 0 aliphatic heterocycles. The van der Waals surface area contributed by atoms with Crippen LogP contribution in [0, 0.1) is 0 Å². The summed E-state index contributed by atoms with van der Waals surface area (Å²) in [6.45, 7) is 0.644. The van der Waals surface area contributed by atoms with Crippen LogP contribution in [0.25, 0.3) is 11.0 Å². The number of para-hydroxylation sites is 2. The predicted molar refractivity (Wildman–Crippen MR) is 126 cm³/mol. The molecule has 0 fully saturated rings. The second-order valence-corrected chi connectivity index (χ2v) is 7.43. The summed E-state index contributed by atoms with van der Waals surface area (Å²) < 4.78 is 6.62. The molecule has 168 valence electrons. The molecule has 0 aliphatic rings. The van der Waals surface area contributed by atoms with Crippen molar-refractivity contribution in [1.82, 2.24) is 20.3 Å². The molecule has 0 bridgehead atoms. The minimum absolute atomic E-state index is 0.0654. The topological polar surface area (TPSA) is 89.4 Å². The maximum Gasteiger partial charge on any atom is 0.249 e. The first kappa shape index (κ1) is 22.2. The average Bonchev–Trinajstić information content (AvgIpc) is 3.26. The van der Waals surface area contributed by atoms with Crippen molar-refractivity contribution < 1.29 is 14.3 Å². The summed E-state index contributed by atoms with van der Waals surface area (Å²) in [6, 6.07) is 25.0. The molecule has 0 saturated carbocycles. The normalized spacial score (nSPS) is 11.8. The lowest BCUT2D eigenvalue weighted by molar-refractivity contribution is -0.127. The second-order valence-electron chi connectivity index (χ2n) is 7.43. The van der Waals surface area contributed by atoms with Gasteiger partial charge in [-0.2, -0.15) is 0 Å². The Labute approximate surface area is 191 Å². The maximum absolute atomic E-state index is 13.7. The Kier molecular flexibility index (Phi) is 7.06. The molecule has 8 nitrogen and oxygen atoms in total. The molecule has 0 radical (unpaired) electrons. The van der Waals surface area contributed by atoms with E-state index in [2.05, 4.69) is 15.6 Å². The Morgan fingerprint density at radius 2 is 1.64 bits per heavy atom. The zero-order valence-electron chi connectivity index (χ0n) is 18.3. The van der Waals surface area contributed by atoms with Crippen molar-refractivity contribution in [3.05, 3.63) is 90.5 Å². The summed E-state index contributed by atoms with van der Waals surface area (Å²) in [4.78, 5) is 28.6. The van der Waals surface area contributed by atoms with Crippen LogP contribution in [0.3, 0.4) is 0 Å². The van der Waals surface area contributed by atoms with Crippen LogP contribution in [0.5, 0.6) is 0 Å². The second kappa shape index (κ2) is 10.5. The van der Waals surface area contributed by atoms with Crippen LogP contribution in [-0.4, -0.2) is 47.1 Å². The van der Waals surface area contributed by atoms with Crippen molar-refractivity contribution in [2.24, 2.45) is 0 Å². The first-order valence-corrected chi connectivity index (χ1v) is 10.7. The molecule has 3 aromatic carbocycles. The fourth-order valence-electron chi connectivity index (χ4n) is 3.69. The number of amides is 2. The van der Waals surface area contributed by atoms with Gasteiger partial charge in [0.2, 0.25) is 11.8 Å². The number of benzene rings is 3. The largest absolute Gasteiger partial charge is 0.383 e. The third-order valence-corrected chi connectivity index (χ3v) is 5.24. The highest BCUT2D eigenvalue weighted by molar-refractivity contribution is 6.01. The minimum Gasteiger partial charge on any atom is -0.383 e. The third kappa shape index (κ3) is 5.07. The number of anilines is 1.